The van der Waals surface area contributed by atoms with Gasteiger partial charge in [0.15, 0.2) is 0 Å². The highest BCUT2D eigenvalue weighted by Crippen LogP contribution is 2.36. The first kappa shape index (κ1) is 21.3. The Morgan fingerprint density at radius 2 is 2.09 bits per heavy atom. The highest BCUT2D eigenvalue weighted by atomic mass is 32.1. The molecule has 9 heteroatoms. The van der Waals surface area contributed by atoms with Gasteiger partial charge >= 0.3 is 0 Å². The van der Waals surface area contributed by atoms with Gasteiger partial charge in [0.05, 0.1) is 25.8 Å². The predicted molar refractivity (Wildman–Crippen MR) is 128 cm³/mol. The molecule has 1 atom stereocenters. The Bertz CT molecular complexity index is 1130. The highest BCUT2D eigenvalue weighted by molar-refractivity contribution is 7.18. The first-order chi connectivity index (χ1) is 15.6. The Kier molecular flexibility index (Phi) is 6.05. The van der Waals surface area contributed by atoms with Gasteiger partial charge in [0.2, 0.25) is 5.91 Å². The van der Waals surface area contributed by atoms with E-state index in [2.05, 4.69) is 27.8 Å². The summed E-state index contributed by atoms with van der Waals surface area (Å²) in [6.07, 6.45) is 3.78. The van der Waals surface area contributed by atoms with Crippen molar-refractivity contribution in [2.24, 2.45) is 5.73 Å². The van der Waals surface area contributed by atoms with E-state index >= 15 is 0 Å². The summed E-state index contributed by atoms with van der Waals surface area (Å²) in [6, 6.07) is 11.7. The average Bonchev–Trinajstić information content (AvgIpc) is 3.54. The minimum Gasteiger partial charge on any atom is -0.336 e. The fraction of sp³-hybridized carbons (Fsp3) is 0.348. The summed E-state index contributed by atoms with van der Waals surface area (Å²) in [5.74, 6) is 0.255. The molecule has 0 saturated carbocycles. The number of carbonyl (C=O) groups excluding carboxylic acids is 2. The van der Waals surface area contributed by atoms with Crippen molar-refractivity contribution in [3.8, 4) is 10.4 Å². The molecule has 5 rings (SSSR count). The Balaban J connectivity index is 1.17. The second kappa shape index (κ2) is 9.11. The highest BCUT2D eigenvalue weighted by Gasteiger charge is 2.35. The van der Waals surface area contributed by atoms with Gasteiger partial charge in [0, 0.05) is 31.7 Å². The Morgan fingerprint density at radius 3 is 2.88 bits per heavy atom. The number of benzene rings is 1. The maximum absolute atomic E-state index is 12.8. The number of hydrogen-bond donors (Lipinski definition) is 3. The number of carbonyl (C=O) groups is 2. The molecule has 0 unspecified atom stereocenters. The van der Waals surface area contributed by atoms with Crippen LogP contribution >= 0.6 is 22.7 Å². The van der Waals surface area contributed by atoms with Crippen molar-refractivity contribution < 1.29 is 9.59 Å². The van der Waals surface area contributed by atoms with E-state index in [1.807, 2.05) is 29.3 Å². The fourth-order valence-corrected chi connectivity index (χ4v) is 5.93. The van der Waals surface area contributed by atoms with Gasteiger partial charge in [-0.1, -0.05) is 18.2 Å². The molecular formula is C23H25N5O2S2. The van der Waals surface area contributed by atoms with Crippen LogP contribution in [0.4, 0.5) is 5.00 Å². The first-order valence-corrected chi connectivity index (χ1v) is 12.4. The number of thiazole rings is 1. The normalized spacial score (nSPS) is 18.5. The number of thiophene rings is 1. The van der Waals surface area contributed by atoms with Gasteiger partial charge < -0.3 is 21.3 Å². The number of anilines is 1. The first-order valence-electron chi connectivity index (χ1n) is 10.8. The van der Waals surface area contributed by atoms with Crippen LogP contribution < -0.4 is 16.4 Å². The number of likely N-dealkylation sites (tertiary alicyclic amines) is 1. The average molecular weight is 468 g/mol. The Hall–Kier alpha value is -2.59. The number of nitrogens with one attached hydrogen (secondary N) is 2. The number of rotatable bonds is 6. The smallest absolute Gasteiger partial charge is 0.264 e. The quantitative estimate of drug-likeness (QED) is 0.517. The van der Waals surface area contributed by atoms with Crippen molar-refractivity contribution in [1.82, 2.24) is 15.2 Å². The molecule has 32 heavy (non-hydrogen) atoms. The summed E-state index contributed by atoms with van der Waals surface area (Å²) >= 11 is 3.01. The number of nitrogens with two attached hydrogens (primary N) is 1. The van der Waals surface area contributed by atoms with Crippen molar-refractivity contribution >= 4 is 39.5 Å². The maximum atomic E-state index is 12.8. The van der Waals surface area contributed by atoms with Gasteiger partial charge in [0.1, 0.15) is 0 Å². The molecule has 0 radical (unpaired) electrons. The summed E-state index contributed by atoms with van der Waals surface area (Å²) in [5, 5.41) is 7.89. The molecule has 166 valence electrons. The van der Waals surface area contributed by atoms with Crippen LogP contribution in [0.2, 0.25) is 0 Å². The third-order valence-electron chi connectivity index (χ3n) is 5.93. The maximum Gasteiger partial charge on any atom is 0.264 e. The summed E-state index contributed by atoms with van der Waals surface area (Å²) < 4.78 is 0. The largest absolute Gasteiger partial charge is 0.336 e. The van der Waals surface area contributed by atoms with Crippen LogP contribution in [0, 0.1) is 0 Å². The summed E-state index contributed by atoms with van der Waals surface area (Å²) in [7, 11) is 0. The van der Waals surface area contributed by atoms with Crippen molar-refractivity contribution in [3.05, 3.63) is 58.0 Å². The van der Waals surface area contributed by atoms with Gasteiger partial charge in [0.25, 0.3) is 5.91 Å². The molecule has 0 bridgehead atoms. The topological polar surface area (TPSA) is 100 Å². The molecule has 4 N–H and O–H groups in total. The zero-order valence-corrected chi connectivity index (χ0v) is 19.2. The van der Waals surface area contributed by atoms with E-state index < -0.39 is 0 Å². The molecule has 2 aromatic heterocycles. The Labute approximate surface area is 194 Å². The van der Waals surface area contributed by atoms with Crippen molar-refractivity contribution in [3.63, 3.8) is 0 Å². The van der Waals surface area contributed by atoms with Crippen molar-refractivity contribution in [1.29, 1.82) is 0 Å². The van der Waals surface area contributed by atoms with E-state index in [-0.39, 0.29) is 23.8 Å². The molecular weight excluding hydrogens is 442 g/mol. The fourth-order valence-electron chi connectivity index (χ4n) is 4.05. The van der Waals surface area contributed by atoms with E-state index in [9.17, 15) is 9.59 Å². The summed E-state index contributed by atoms with van der Waals surface area (Å²) in [6.45, 7) is 2.73. The lowest BCUT2D eigenvalue weighted by Crippen LogP contribution is -2.48. The second-order valence-electron chi connectivity index (χ2n) is 8.18. The monoisotopic (exact) mass is 467 g/mol. The SMILES string of the molecule is NCc1cccc(-c2cnc(C3CN(C(=O)c4ccc(NC(=O)[C@@H]5CCCN5)s4)C3)s2)c1. The minimum atomic E-state index is -0.131. The van der Waals surface area contributed by atoms with E-state index in [4.69, 9.17) is 5.73 Å². The molecule has 0 aliphatic carbocycles. The van der Waals surface area contributed by atoms with Gasteiger partial charge in [-0.2, -0.15) is 0 Å². The number of aromatic nitrogens is 1. The zero-order chi connectivity index (χ0) is 22.1. The van der Waals surface area contributed by atoms with Gasteiger partial charge in [-0.05, 0) is 48.7 Å². The van der Waals surface area contributed by atoms with Crippen molar-refractivity contribution in [2.45, 2.75) is 31.3 Å². The molecule has 3 aromatic rings. The standard InChI is InChI=1S/C23H25N5O2S2/c24-10-14-3-1-4-15(9-14)19-11-26-22(32-19)16-12-28(13-16)23(30)18-6-7-20(31-18)27-21(29)17-5-2-8-25-17/h1,3-4,6-7,9,11,16-17,25H,2,5,8,10,12-13,24H2,(H,27,29)/t17-/m0/s1. The lowest BCUT2D eigenvalue weighted by atomic mass is 10.0. The molecule has 2 saturated heterocycles. The second-order valence-corrected chi connectivity index (χ2v) is 10.3. The molecule has 0 spiro atoms. The summed E-state index contributed by atoms with van der Waals surface area (Å²) in [4.78, 5) is 33.3. The summed E-state index contributed by atoms with van der Waals surface area (Å²) in [5.41, 5.74) is 7.98. The third kappa shape index (κ3) is 4.33. The van der Waals surface area contributed by atoms with Crippen LogP contribution in [0.5, 0.6) is 0 Å². The van der Waals surface area contributed by atoms with Crippen LogP contribution in [0.1, 0.15) is 39.0 Å². The molecule has 2 aliphatic rings. The molecule has 2 aliphatic heterocycles. The van der Waals surface area contributed by atoms with Gasteiger partial charge in [-0.15, -0.1) is 22.7 Å². The minimum absolute atomic E-state index is 0.0122. The molecule has 2 fully saturated rings. The lowest BCUT2D eigenvalue weighted by Gasteiger charge is -2.37. The van der Waals surface area contributed by atoms with Gasteiger partial charge in [-0.3, -0.25) is 9.59 Å². The molecule has 1 aromatic carbocycles. The molecule has 7 nitrogen and oxygen atoms in total. The molecule has 4 heterocycles. The number of nitrogens with zero attached hydrogens (tertiary/aromatic N) is 2. The third-order valence-corrected chi connectivity index (χ3v) is 8.13. The predicted octanol–water partition coefficient (Wildman–Crippen LogP) is 3.26. The van der Waals surface area contributed by atoms with E-state index in [1.165, 1.54) is 11.3 Å². The zero-order valence-electron chi connectivity index (χ0n) is 17.5. The van der Waals surface area contributed by atoms with Crippen LogP contribution in [0.3, 0.4) is 0 Å². The van der Waals surface area contributed by atoms with E-state index in [0.29, 0.717) is 29.5 Å². The Morgan fingerprint density at radius 1 is 1.22 bits per heavy atom. The lowest BCUT2D eigenvalue weighted by molar-refractivity contribution is -0.117. The van der Waals surface area contributed by atoms with Crippen LogP contribution in [0.25, 0.3) is 10.4 Å². The van der Waals surface area contributed by atoms with Crippen LogP contribution in [-0.2, 0) is 11.3 Å². The van der Waals surface area contributed by atoms with E-state index in [1.54, 1.807) is 17.4 Å². The van der Waals surface area contributed by atoms with Gasteiger partial charge in [-0.25, -0.2) is 4.98 Å². The van der Waals surface area contributed by atoms with Crippen molar-refractivity contribution in [2.75, 3.05) is 25.0 Å². The van der Waals surface area contributed by atoms with Crippen LogP contribution in [0.15, 0.2) is 42.6 Å². The number of hydrogen-bond acceptors (Lipinski definition) is 7. The van der Waals surface area contributed by atoms with Crippen LogP contribution in [-0.4, -0.2) is 47.4 Å². The number of amides is 2. The van der Waals surface area contributed by atoms with E-state index in [0.717, 1.165) is 40.4 Å². The molecule has 2 amide bonds.